The predicted molar refractivity (Wildman–Crippen MR) is 72.7 cm³/mol. The average molecular weight is 255 g/mol. The minimum Gasteiger partial charge on any atom is -0.490 e. The van der Waals surface area contributed by atoms with Gasteiger partial charge in [0.2, 0.25) is 0 Å². The second-order valence-corrected chi connectivity index (χ2v) is 5.57. The maximum atomic E-state index is 5.76. The van der Waals surface area contributed by atoms with Crippen molar-refractivity contribution < 1.29 is 4.74 Å². The van der Waals surface area contributed by atoms with E-state index in [1.165, 1.54) is 43.6 Å². The van der Waals surface area contributed by atoms with Crippen LogP contribution in [0.1, 0.15) is 39.0 Å². The van der Waals surface area contributed by atoms with Crippen molar-refractivity contribution in [1.82, 2.24) is 4.37 Å². The molecule has 1 aromatic heterocycles. The summed E-state index contributed by atoms with van der Waals surface area (Å²) in [6, 6.07) is 0.520. The third-order valence-electron chi connectivity index (χ3n) is 3.56. The van der Waals surface area contributed by atoms with E-state index in [0.717, 1.165) is 5.00 Å². The summed E-state index contributed by atoms with van der Waals surface area (Å²) in [4.78, 5) is 0. The second kappa shape index (κ2) is 5.58. The minimum atomic E-state index is 0.487. The zero-order valence-corrected chi connectivity index (χ0v) is 11.3. The second-order valence-electron chi connectivity index (χ2n) is 4.80. The maximum Gasteiger partial charge on any atom is 0.197 e. The Morgan fingerprint density at radius 3 is 2.88 bits per heavy atom. The van der Waals surface area contributed by atoms with E-state index in [0.29, 0.717) is 23.5 Å². The Labute approximate surface area is 107 Å². The molecule has 2 rings (SSSR count). The minimum absolute atomic E-state index is 0.487. The molecule has 0 saturated heterocycles. The van der Waals surface area contributed by atoms with Crippen molar-refractivity contribution in [3.63, 3.8) is 0 Å². The number of nitrogens with one attached hydrogen (secondary N) is 1. The third-order valence-corrected chi connectivity index (χ3v) is 4.33. The van der Waals surface area contributed by atoms with Crippen molar-refractivity contribution in [2.75, 3.05) is 18.2 Å². The number of methoxy groups -OCH3 is 1. The van der Waals surface area contributed by atoms with Crippen LogP contribution in [0.2, 0.25) is 0 Å². The van der Waals surface area contributed by atoms with Gasteiger partial charge in [0, 0.05) is 6.04 Å². The van der Waals surface area contributed by atoms with Crippen LogP contribution in [0, 0.1) is 5.92 Å². The third kappa shape index (κ3) is 2.83. The molecule has 0 aromatic carbocycles. The van der Waals surface area contributed by atoms with Gasteiger partial charge in [-0.1, -0.05) is 26.2 Å². The van der Waals surface area contributed by atoms with Crippen molar-refractivity contribution in [2.24, 2.45) is 5.92 Å². The average Bonchev–Trinajstić information content (AvgIpc) is 2.54. The van der Waals surface area contributed by atoms with Crippen molar-refractivity contribution >= 4 is 22.4 Å². The highest BCUT2D eigenvalue weighted by molar-refractivity contribution is 7.11. The van der Waals surface area contributed by atoms with E-state index in [4.69, 9.17) is 10.5 Å². The fraction of sp³-hybridized carbons (Fsp3) is 0.750. The first-order chi connectivity index (χ1) is 8.22. The van der Waals surface area contributed by atoms with Gasteiger partial charge >= 0.3 is 0 Å². The molecular formula is C12H21N3OS. The molecule has 2 atom stereocenters. The lowest BCUT2D eigenvalue weighted by molar-refractivity contribution is 0.415. The molecule has 0 aliphatic heterocycles. The molecule has 5 heteroatoms. The standard InChI is InChI=1S/C12H21N3OS/c1-8-6-4-3-5-7-9(8)14-12-10(16-2)11(13)15-17-12/h8-9,14H,3-7H2,1-2H3,(H2,13,15). The van der Waals surface area contributed by atoms with E-state index in [1.807, 2.05) is 0 Å². The van der Waals surface area contributed by atoms with Gasteiger partial charge in [-0.15, -0.1) is 0 Å². The molecule has 1 aliphatic rings. The highest BCUT2D eigenvalue weighted by Crippen LogP contribution is 2.37. The smallest absolute Gasteiger partial charge is 0.197 e. The van der Waals surface area contributed by atoms with Gasteiger partial charge in [-0.3, -0.25) is 0 Å². The molecule has 0 radical (unpaired) electrons. The van der Waals surface area contributed by atoms with Gasteiger partial charge < -0.3 is 15.8 Å². The van der Waals surface area contributed by atoms with Gasteiger partial charge in [0.25, 0.3) is 0 Å². The number of nitrogen functional groups attached to an aromatic ring is 1. The Bertz CT molecular complexity index is 367. The predicted octanol–water partition coefficient (Wildman–Crippen LogP) is 3.11. The lowest BCUT2D eigenvalue weighted by Gasteiger charge is -2.23. The van der Waals surface area contributed by atoms with Crippen LogP contribution < -0.4 is 15.8 Å². The number of ether oxygens (including phenoxy) is 1. The highest BCUT2D eigenvalue weighted by Gasteiger charge is 2.22. The van der Waals surface area contributed by atoms with E-state index in [-0.39, 0.29) is 0 Å². The van der Waals surface area contributed by atoms with Gasteiger partial charge in [0.05, 0.1) is 7.11 Å². The molecule has 96 valence electrons. The summed E-state index contributed by atoms with van der Waals surface area (Å²) >= 11 is 1.39. The fourth-order valence-corrected chi connectivity index (χ4v) is 3.21. The molecule has 3 N–H and O–H groups in total. The molecule has 17 heavy (non-hydrogen) atoms. The Hall–Kier alpha value is -0.970. The maximum absolute atomic E-state index is 5.76. The number of rotatable bonds is 3. The lowest BCUT2D eigenvalue weighted by atomic mass is 9.97. The van der Waals surface area contributed by atoms with Gasteiger partial charge in [-0.25, -0.2) is 0 Å². The van der Waals surface area contributed by atoms with Gasteiger partial charge in [0.15, 0.2) is 16.6 Å². The van der Waals surface area contributed by atoms with E-state index in [9.17, 15) is 0 Å². The fourth-order valence-electron chi connectivity index (χ4n) is 2.46. The van der Waals surface area contributed by atoms with Crippen LogP contribution in [0.4, 0.5) is 10.8 Å². The summed E-state index contributed by atoms with van der Waals surface area (Å²) < 4.78 is 9.42. The first-order valence-corrected chi connectivity index (χ1v) is 7.05. The number of hydrogen-bond donors (Lipinski definition) is 2. The molecule has 4 nitrogen and oxygen atoms in total. The SMILES string of the molecule is COc1c(N)nsc1NC1CCCCCC1C. The largest absolute Gasteiger partial charge is 0.490 e. The zero-order chi connectivity index (χ0) is 12.3. The highest BCUT2D eigenvalue weighted by atomic mass is 32.1. The number of nitrogens with zero attached hydrogens (tertiary/aromatic N) is 1. The first kappa shape index (κ1) is 12.5. The molecule has 0 spiro atoms. The molecule has 1 heterocycles. The topological polar surface area (TPSA) is 60.2 Å². The van der Waals surface area contributed by atoms with Gasteiger partial charge in [0.1, 0.15) is 0 Å². The Morgan fingerprint density at radius 2 is 2.12 bits per heavy atom. The molecule has 2 unspecified atom stereocenters. The van der Waals surface area contributed by atoms with Crippen LogP contribution in [0.25, 0.3) is 0 Å². The Balaban J connectivity index is 2.07. The Kier molecular flexibility index (Phi) is 4.10. The van der Waals surface area contributed by atoms with Crippen LogP contribution in [-0.2, 0) is 0 Å². The summed E-state index contributed by atoms with van der Waals surface area (Å²) in [6.07, 6.45) is 6.53. The quantitative estimate of drug-likeness (QED) is 0.815. The van der Waals surface area contributed by atoms with Gasteiger partial charge in [-0.2, -0.15) is 4.37 Å². The molecule has 1 fully saturated rings. The summed E-state index contributed by atoms with van der Waals surface area (Å²) in [5.41, 5.74) is 5.76. The van der Waals surface area contributed by atoms with Crippen molar-refractivity contribution in [3.05, 3.63) is 0 Å². The van der Waals surface area contributed by atoms with Crippen molar-refractivity contribution in [1.29, 1.82) is 0 Å². The summed E-state index contributed by atoms with van der Waals surface area (Å²) in [5, 5.41) is 4.54. The molecule has 1 saturated carbocycles. The number of anilines is 2. The van der Waals surface area contributed by atoms with Crippen molar-refractivity contribution in [2.45, 2.75) is 45.1 Å². The molecule has 0 amide bonds. The number of aromatic nitrogens is 1. The summed E-state index contributed by atoms with van der Waals surface area (Å²) in [5.74, 6) is 1.89. The zero-order valence-electron chi connectivity index (χ0n) is 10.5. The molecule has 1 aliphatic carbocycles. The van der Waals surface area contributed by atoms with Gasteiger partial charge in [-0.05, 0) is 30.3 Å². The lowest BCUT2D eigenvalue weighted by Crippen LogP contribution is -2.25. The normalized spacial score (nSPS) is 25.3. The number of nitrogens with two attached hydrogens (primary N) is 1. The monoisotopic (exact) mass is 255 g/mol. The van der Waals surface area contributed by atoms with Crippen molar-refractivity contribution in [3.8, 4) is 5.75 Å². The van der Waals surface area contributed by atoms with Crippen LogP contribution in [-0.4, -0.2) is 17.5 Å². The van der Waals surface area contributed by atoms with E-state index in [1.54, 1.807) is 7.11 Å². The first-order valence-electron chi connectivity index (χ1n) is 6.28. The van der Waals surface area contributed by atoms with Crippen LogP contribution >= 0.6 is 11.5 Å². The number of hydrogen-bond acceptors (Lipinski definition) is 5. The van der Waals surface area contributed by atoms with Crippen LogP contribution in [0.15, 0.2) is 0 Å². The molecule has 1 aromatic rings. The molecule has 0 bridgehead atoms. The summed E-state index contributed by atoms with van der Waals surface area (Å²) in [6.45, 7) is 2.32. The van der Waals surface area contributed by atoms with Crippen LogP contribution in [0.3, 0.4) is 0 Å². The van der Waals surface area contributed by atoms with Crippen LogP contribution in [0.5, 0.6) is 5.75 Å². The Morgan fingerprint density at radius 1 is 1.35 bits per heavy atom. The van der Waals surface area contributed by atoms with E-state index in [2.05, 4.69) is 16.6 Å². The van der Waals surface area contributed by atoms with E-state index >= 15 is 0 Å². The van der Waals surface area contributed by atoms with E-state index < -0.39 is 0 Å². The molecular weight excluding hydrogens is 234 g/mol. The summed E-state index contributed by atoms with van der Waals surface area (Å²) in [7, 11) is 1.64.